The molecule has 0 aromatic heterocycles. The van der Waals surface area contributed by atoms with Crippen LogP contribution in [-0.2, 0) is 19.1 Å². The van der Waals surface area contributed by atoms with Crippen LogP contribution in [0.3, 0.4) is 0 Å². The number of fused-ring (bicyclic) bond motifs is 5. The summed E-state index contributed by atoms with van der Waals surface area (Å²) in [5.74, 6) is 1.63. The van der Waals surface area contributed by atoms with Gasteiger partial charge in [0.25, 0.3) is 12.9 Å². The highest BCUT2D eigenvalue weighted by Gasteiger charge is 2.67. The van der Waals surface area contributed by atoms with Crippen molar-refractivity contribution in [1.29, 1.82) is 0 Å². The van der Waals surface area contributed by atoms with Crippen LogP contribution in [0.25, 0.3) is 0 Å². The summed E-state index contributed by atoms with van der Waals surface area (Å²) in [6.45, 7) is 5.60. The van der Waals surface area contributed by atoms with Gasteiger partial charge in [-0.3, -0.25) is 9.59 Å². The first-order valence-electron chi connectivity index (χ1n) is 10.3. The molecule has 5 nitrogen and oxygen atoms in total. The van der Waals surface area contributed by atoms with E-state index in [1.54, 1.807) is 0 Å². The Morgan fingerprint density at radius 2 is 1.73 bits per heavy atom. The molecule has 0 radical (unpaired) electrons. The molecular weight excluding hydrogens is 332 g/mol. The molecule has 0 saturated heterocycles. The monoisotopic (exact) mass is 364 g/mol. The van der Waals surface area contributed by atoms with Crippen molar-refractivity contribution in [3.8, 4) is 0 Å². The van der Waals surface area contributed by atoms with Gasteiger partial charge in [0.15, 0.2) is 0 Å². The van der Waals surface area contributed by atoms with Gasteiger partial charge in [0, 0.05) is 11.8 Å². The summed E-state index contributed by atoms with van der Waals surface area (Å²) in [6, 6.07) is 0. The SMILES string of the molecule is C[C@@]12CCC[C@H]1[C@@H]1CC(OC=O)C3(O)CC(OC=O)CC[C@]3(C)[C@@H]1CC2. The molecule has 4 saturated carbocycles. The molecule has 0 amide bonds. The second kappa shape index (κ2) is 6.22. The second-order valence-corrected chi connectivity index (χ2v) is 9.86. The van der Waals surface area contributed by atoms with Gasteiger partial charge in [-0.05, 0) is 68.1 Å². The largest absolute Gasteiger partial charge is 0.464 e. The number of aliphatic hydroxyl groups is 1. The fourth-order valence-electron chi connectivity index (χ4n) is 7.64. The van der Waals surface area contributed by atoms with Gasteiger partial charge < -0.3 is 14.6 Å². The average molecular weight is 364 g/mol. The third-order valence-electron chi connectivity index (χ3n) is 9.04. The summed E-state index contributed by atoms with van der Waals surface area (Å²) >= 11 is 0. The van der Waals surface area contributed by atoms with Crippen molar-refractivity contribution in [2.75, 3.05) is 0 Å². The predicted molar refractivity (Wildman–Crippen MR) is 95.1 cm³/mol. The maximum Gasteiger partial charge on any atom is 0.293 e. The lowest BCUT2D eigenvalue weighted by Crippen LogP contribution is -2.69. The topological polar surface area (TPSA) is 72.8 Å². The van der Waals surface area contributed by atoms with Crippen molar-refractivity contribution < 1.29 is 24.2 Å². The third-order valence-corrected chi connectivity index (χ3v) is 9.04. The van der Waals surface area contributed by atoms with Gasteiger partial charge in [-0.1, -0.05) is 20.3 Å². The lowest BCUT2D eigenvalue weighted by atomic mass is 9.43. The molecule has 0 aliphatic heterocycles. The van der Waals surface area contributed by atoms with Crippen LogP contribution in [0.1, 0.15) is 71.6 Å². The van der Waals surface area contributed by atoms with Crippen molar-refractivity contribution in [2.24, 2.45) is 28.6 Å². The minimum Gasteiger partial charge on any atom is -0.464 e. The molecule has 8 atom stereocenters. The summed E-state index contributed by atoms with van der Waals surface area (Å²) in [4.78, 5) is 22.1. The van der Waals surface area contributed by atoms with E-state index in [1.807, 2.05) is 0 Å². The molecule has 4 aliphatic carbocycles. The molecule has 5 heteroatoms. The molecule has 4 aliphatic rings. The summed E-state index contributed by atoms with van der Waals surface area (Å²) in [7, 11) is 0. The summed E-state index contributed by atoms with van der Waals surface area (Å²) in [6.07, 6.45) is 8.12. The number of hydrogen-bond donors (Lipinski definition) is 1. The van der Waals surface area contributed by atoms with Crippen molar-refractivity contribution in [1.82, 2.24) is 0 Å². The fraction of sp³-hybridized carbons (Fsp3) is 0.905. The van der Waals surface area contributed by atoms with Gasteiger partial charge in [0.05, 0.1) is 0 Å². The van der Waals surface area contributed by atoms with Crippen LogP contribution in [0, 0.1) is 28.6 Å². The molecular formula is C21H32O5. The van der Waals surface area contributed by atoms with E-state index >= 15 is 0 Å². The summed E-state index contributed by atoms with van der Waals surface area (Å²) < 4.78 is 10.7. The molecule has 0 bridgehead atoms. The maximum absolute atomic E-state index is 11.8. The minimum atomic E-state index is -1.12. The zero-order valence-electron chi connectivity index (χ0n) is 16.0. The van der Waals surface area contributed by atoms with E-state index in [1.165, 1.54) is 25.7 Å². The highest BCUT2D eigenvalue weighted by molar-refractivity contribution is 5.39. The van der Waals surface area contributed by atoms with Crippen LogP contribution in [0.15, 0.2) is 0 Å². The van der Waals surface area contributed by atoms with Gasteiger partial charge in [0.1, 0.15) is 17.8 Å². The standard InChI is InChI=1S/C21H32O5/c1-19-7-3-4-16(19)15-10-18(26-13-23)21(24)11-14(25-12-22)5-9-20(21,2)17(15)6-8-19/h12-18,24H,3-11H2,1-2H3/t14?,15-,16-,17+,18?,19-,20+,21?/m0/s1. The van der Waals surface area contributed by atoms with Crippen LogP contribution >= 0.6 is 0 Å². The van der Waals surface area contributed by atoms with E-state index in [0.29, 0.717) is 42.5 Å². The Balaban J connectivity index is 1.70. The maximum atomic E-state index is 11.8. The van der Waals surface area contributed by atoms with E-state index in [9.17, 15) is 14.7 Å². The molecule has 0 aromatic rings. The Hall–Kier alpha value is -1.10. The normalized spacial score (nSPS) is 53.0. The van der Waals surface area contributed by atoms with Gasteiger partial charge in [0.2, 0.25) is 0 Å². The van der Waals surface area contributed by atoms with Gasteiger partial charge in [-0.2, -0.15) is 0 Å². The molecule has 0 aromatic carbocycles. The van der Waals surface area contributed by atoms with Crippen LogP contribution in [0.2, 0.25) is 0 Å². The van der Waals surface area contributed by atoms with Crippen molar-refractivity contribution in [3.63, 3.8) is 0 Å². The Morgan fingerprint density at radius 3 is 2.46 bits per heavy atom. The Morgan fingerprint density at radius 1 is 0.962 bits per heavy atom. The van der Waals surface area contributed by atoms with E-state index in [2.05, 4.69) is 13.8 Å². The second-order valence-electron chi connectivity index (χ2n) is 9.86. The molecule has 0 heterocycles. The number of hydrogen-bond acceptors (Lipinski definition) is 5. The van der Waals surface area contributed by atoms with E-state index in [0.717, 1.165) is 25.7 Å². The fourth-order valence-corrected chi connectivity index (χ4v) is 7.64. The molecule has 146 valence electrons. The van der Waals surface area contributed by atoms with Crippen molar-refractivity contribution in [2.45, 2.75) is 89.4 Å². The summed E-state index contributed by atoms with van der Waals surface area (Å²) in [5.41, 5.74) is -1.000. The highest BCUT2D eigenvalue weighted by atomic mass is 16.5. The number of carbonyl (C=O) groups is 2. The molecule has 26 heavy (non-hydrogen) atoms. The van der Waals surface area contributed by atoms with E-state index in [-0.39, 0.29) is 11.5 Å². The van der Waals surface area contributed by atoms with E-state index in [4.69, 9.17) is 9.47 Å². The highest BCUT2D eigenvalue weighted by Crippen LogP contribution is 2.67. The summed E-state index contributed by atoms with van der Waals surface area (Å²) in [5, 5.41) is 11.8. The molecule has 4 fully saturated rings. The van der Waals surface area contributed by atoms with Crippen LogP contribution in [0.5, 0.6) is 0 Å². The lowest BCUT2D eigenvalue weighted by molar-refractivity contribution is -0.266. The zero-order valence-corrected chi connectivity index (χ0v) is 16.0. The Labute approximate surface area is 155 Å². The smallest absolute Gasteiger partial charge is 0.293 e. The van der Waals surface area contributed by atoms with Crippen LogP contribution in [0.4, 0.5) is 0 Å². The van der Waals surface area contributed by atoms with Crippen molar-refractivity contribution in [3.05, 3.63) is 0 Å². The molecule has 0 spiro atoms. The van der Waals surface area contributed by atoms with Crippen molar-refractivity contribution >= 4 is 12.9 Å². The quantitative estimate of drug-likeness (QED) is 0.776. The molecule has 1 N–H and O–H groups in total. The zero-order chi connectivity index (χ0) is 18.6. The van der Waals surface area contributed by atoms with Gasteiger partial charge >= 0.3 is 0 Å². The predicted octanol–water partition coefficient (Wildman–Crippen LogP) is 3.23. The molecule has 4 rings (SSSR count). The van der Waals surface area contributed by atoms with E-state index < -0.39 is 11.7 Å². The lowest BCUT2D eigenvalue weighted by Gasteiger charge is -2.65. The van der Waals surface area contributed by atoms with Crippen LogP contribution in [-0.4, -0.2) is 35.9 Å². The number of carbonyl (C=O) groups excluding carboxylic acids is 2. The van der Waals surface area contributed by atoms with Gasteiger partial charge in [-0.25, -0.2) is 0 Å². The Bertz CT molecular complexity index is 579. The van der Waals surface area contributed by atoms with Gasteiger partial charge in [-0.15, -0.1) is 0 Å². The Kier molecular flexibility index (Phi) is 4.37. The number of ether oxygens (including phenoxy) is 2. The average Bonchev–Trinajstić information content (AvgIpc) is 2.99. The molecule has 3 unspecified atom stereocenters. The minimum absolute atomic E-state index is 0.291. The van der Waals surface area contributed by atoms with Crippen LogP contribution < -0.4 is 0 Å². The number of rotatable bonds is 4. The first-order valence-corrected chi connectivity index (χ1v) is 10.3. The first kappa shape index (κ1) is 18.3. The first-order chi connectivity index (χ1) is 12.4. The third kappa shape index (κ3) is 2.38.